The second kappa shape index (κ2) is 6.64. The van der Waals surface area contributed by atoms with Crippen LogP contribution in [-0.4, -0.2) is 34.5 Å². The number of carbonyl (C=O) groups is 2. The number of carboxylic acid groups (broad SMARTS) is 1. The molecule has 5 nitrogen and oxygen atoms in total. The molecular formula is C13H17NO4. The van der Waals surface area contributed by atoms with Crippen molar-refractivity contribution in [2.45, 2.75) is 26.3 Å². The molecule has 0 radical (unpaired) electrons. The molecule has 0 aliphatic carbocycles. The molecule has 1 unspecified atom stereocenters. The van der Waals surface area contributed by atoms with E-state index in [0.717, 1.165) is 0 Å². The van der Waals surface area contributed by atoms with Crippen LogP contribution in [0.5, 0.6) is 0 Å². The minimum atomic E-state index is -0.913. The average molecular weight is 251 g/mol. The molecule has 0 spiro atoms. The zero-order valence-corrected chi connectivity index (χ0v) is 10.5. The van der Waals surface area contributed by atoms with Crippen molar-refractivity contribution in [3.63, 3.8) is 0 Å². The summed E-state index contributed by atoms with van der Waals surface area (Å²) >= 11 is 0. The van der Waals surface area contributed by atoms with E-state index >= 15 is 0 Å². The standard InChI is InChI=1S/C13H17NO4/c1-3-14(10(2)9-13(16)17)12(15)7-6-11-5-4-8-18-11/h4-8,10H,3,9H2,1-2H3,(H,16,17). The van der Waals surface area contributed by atoms with E-state index in [1.54, 1.807) is 25.1 Å². The summed E-state index contributed by atoms with van der Waals surface area (Å²) in [6.45, 7) is 4.00. The SMILES string of the molecule is CCN(C(=O)C=Cc1ccco1)C(C)CC(=O)O. The van der Waals surface area contributed by atoms with Crippen LogP contribution in [0.4, 0.5) is 0 Å². The van der Waals surface area contributed by atoms with Crippen LogP contribution in [0.15, 0.2) is 28.9 Å². The number of furan rings is 1. The molecule has 1 aromatic heterocycles. The van der Waals surface area contributed by atoms with Gasteiger partial charge in [0.1, 0.15) is 5.76 Å². The van der Waals surface area contributed by atoms with Crippen molar-refractivity contribution >= 4 is 18.0 Å². The van der Waals surface area contributed by atoms with E-state index in [-0.39, 0.29) is 18.4 Å². The smallest absolute Gasteiger partial charge is 0.305 e. The third kappa shape index (κ3) is 4.08. The van der Waals surface area contributed by atoms with Gasteiger partial charge in [-0.2, -0.15) is 0 Å². The molecule has 1 rings (SSSR count). The van der Waals surface area contributed by atoms with Crippen LogP contribution in [0, 0.1) is 0 Å². The lowest BCUT2D eigenvalue weighted by Gasteiger charge is -2.25. The Balaban J connectivity index is 2.64. The predicted molar refractivity (Wildman–Crippen MR) is 66.8 cm³/mol. The molecule has 0 aliphatic rings. The Hall–Kier alpha value is -2.04. The molecule has 1 N–H and O–H groups in total. The highest BCUT2D eigenvalue weighted by molar-refractivity contribution is 5.91. The van der Waals surface area contributed by atoms with Crippen LogP contribution in [0.25, 0.3) is 6.08 Å². The van der Waals surface area contributed by atoms with E-state index in [9.17, 15) is 9.59 Å². The van der Waals surface area contributed by atoms with Gasteiger partial charge in [0.05, 0.1) is 12.7 Å². The Labute approximate surface area is 106 Å². The second-order valence-electron chi connectivity index (χ2n) is 3.92. The van der Waals surface area contributed by atoms with E-state index in [1.807, 2.05) is 6.92 Å². The van der Waals surface area contributed by atoms with Gasteiger partial charge in [-0.3, -0.25) is 9.59 Å². The van der Waals surface area contributed by atoms with E-state index < -0.39 is 5.97 Å². The fraction of sp³-hybridized carbons (Fsp3) is 0.385. The summed E-state index contributed by atoms with van der Waals surface area (Å²) in [4.78, 5) is 24.0. The Morgan fingerprint density at radius 3 is 2.78 bits per heavy atom. The van der Waals surface area contributed by atoms with E-state index in [1.165, 1.54) is 17.2 Å². The van der Waals surface area contributed by atoms with Gasteiger partial charge >= 0.3 is 5.97 Å². The Bertz CT molecular complexity index is 422. The zero-order valence-electron chi connectivity index (χ0n) is 10.5. The number of likely N-dealkylation sites (N-methyl/N-ethyl adjacent to an activating group) is 1. The second-order valence-corrected chi connectivity index (χ2v) is 3.92. The van der Waals surface area contributed by atoms with Crippen molar-refractivity contribution in [1.82, 2.24) is 4.90 Å². The predicted octanol–water partition coefficient (Wildman–Crippen LogP) is 2.00. The lowest BCUT2D eigenvalue weighted by molar-refractivity contribution is -0.139. The van der Waals surface area contributed by atoms with Crippen molar-refractivity contribution in [1.29, 1.82) is 0 Å². The van der Waals surface area contributed by atoms with E-state index in [2.05, 4.69) is 0 Å². The first-order valence-corrected chi connectivity index (χ1v) is 5.78. The van der Waals surface area contributed by atoms with Crippen molar-refractivity contribution in [2.75, 3.05) is 6.54 Å². The number of carbonyl (C=O) groups excluding carboxylic acids is 1. The average Bonchev–Trinajstić information content (AvgIpc) is 2.79. The molecule has 1 heterocycles. The van der Waals surface area contributed by atoms with Gasteiger partial charge in [0, 0.05) is 18.7 Å². The van der Waals surface area contributed by atoms with E-state index in [0.29, 0.717) is 12.3 Å². The molecule has 0 saturated heterocycles. The normalized spacial score (nSPS) is 12.6. The number of hydrogen-bond donors (Lipinski definition) is 1. The molecule has 98 valence electrons. The van der Waals surface area contributed by atoms with Gasteiger partial charge in [0.25, 0.3) is 0 Å². The maximum absolute atomic E-state index is 11.9. The van der Waals surface area contributed by atoms with Crippen LogP contribution in [0.2, 0.25) is 0 Å². The molecular weight excluding hydrogens is 234 g/mol. The fourth-order valence-corrected chi connectivity index (χ4v) is 1.68. The van der Waals surface area contributed by atoms with Crippen LogP contribution in [0.1, 0.15) is 26.0 Å². The maximum atomic E-state index is 11.9. The van der Waals surface area contributed by atoms with Gasteiger partial charge in [-0.25, -0.2) is 0 Å². The zero-order chi connectivity index (χ0) is 13.5. The lowest BCUT2D eigenvalue weighted by Crippen LogP contribution is -2.38. The molecule has 1 aromatic rings. The van der Waals surface area contributed by atoms with Gasteiger partial charge < -0.3 is 14.4 Å². The minimum absolute atomic E-state index is 0.0613. The van der Waals surface area contributed by atoms with Gasteiger partial charge in [0.15, 0.2) is 0 Å². The maximum Gasteiger partial charge on any atom is 0.305 e. The lowest BCUT2D eigenvalue weighted by atomic mass is 10.2. The van der Waals surface area contributed by atoms with Crippen LogP contribution < -0.4 is 0 Å². The Morgan fingerprint density at radius 2 is 2.28 bits per heavy atom. The van der Waals surface area contributed by atoms with Crippen molar-refractivity contribution in [2.24, 2.45) is 0 Å². The summed E-state index contributed by atoms with van der Waals surface area (Å²) < 4.78 is 5.07. The number of amides is 1. The molecule has 18 heavy (non-hydrogen) atoms. The summed E-state index contributed by atoms with van der Waals surface area (Å²) in [6, 6.07) is 3.14. The first-order valence-electron chi connectivity index (χ1n) is 5.78. The van der Waals surface area contributed by atoms with Crippen LogP contribution >= 0.6 is 0 Å². The van der Waals surface area contributed by atoms with Gasteiger partial charge in [-0.05, 0) is 32.1 Å². The molecule has 0 aromatic carbocycles. The third-order valence-corrected chi connectivity index (χ3v) is 2.56. The summed E-state index contributed by atoms with van der Waals surface area (Å²) in [7, 11) is 0. The summed E-state index contributed by atoms with van der Waals surface area (Å²) in [5.74, 6) is -0.545. The van der Waals surface area contributed by atoms with Crippen molar-refractivity contribution in [3.05, 3.63) is 30.2 Å². The highest BCUT2D eigenvalue weighted by Crippen LogP contribution is 2.07. The molecule has 1 atom stereocenters. The largest absolute Gasteiger partial charge is 0.481 e. The molecule has 0 saturated carbocycles. The monoisotopic (exact) mass is 251 g/mol. The number of nitrogens with zero attached hydrogens (tertiary/aromatic N) is 1. The van der Waals surface area contributed by atoms with Crippen molar-refractivity contribution < 1.29 is 19.1 Å². The quantitative estimate of drug-likeness (QED) is 0.785. The number of hydrogen-bond acceptors (Lipinski definition) is 3. The molecule has 5 heteroatoms. The van der Waals surface area contributed by atoms with Gasteiger partial charge in [-0.1, -0.05) is 0 Å². The van der Waals surface area contributed by atoms with E-state index in [4.69, 9.17) is 9.52 Å². The molecule has 1 amide bonds. The highest BCUT2D eigenvalue weighted by Gasteiger charge is 2.18. The fourth-order valence-electron chi connectivity index (χ4n) is 1.68. The molecule has 0 aliphatic heterocycles. The first kappa shape index (κ1) is 14.0. The van der Waals surface area contributed by atoms with Crippen LogP contribution in [-0.2, 0) is 9.59 Å². The first-order chi connectivity index (χ1) is 8.54. The number of carboxylic acids is 1. The Morgan fingerprint density at radius 1 is 1.56 bits per heavy atom. The highest BCUT2D eigenvalue weighted by atomic mass is 16.4. The summed E-state index contributed by atoms with van der Waals surface area (Å²) in [6.07, 6.45) is 4.42. The third-order valence-electron chi connectivity index (χ3n) is 2.56. The topological polar surface area (TPSA) is 70.8 Å². The molecule has 0 bridgehead atoms. The minimum Gasteiger partial charge on any atom is -0.481 e. The molecule has 0 fully saturated rings. The summed E-state index contributed by atoms with van der Waals surface area (Å²) in [5.41, 5.74) is 0. The number of rotatable bonds is 6. The van der Waals surface area contributed by atoms with Crippen LogP contribution in [0.3, 0.4) is 0 Å². The Kier molecular flexibility index (Phi) is 5.17. The van der Waals surface area contributed by atoms with Crippen molar-refractivity contribution in [3.8, 4) is 0 Å². The number of aliphatic carboxylic acids is 1. The summed E-state index contributed by atoms with van der Waals surface area (Å²) in [5, 5.41) is 8.72. The van der Waals surface area contributed by atoms with Gasteiger partial charge in [-0.15, -0.1) is 0 Å². The van der Waals surface area contributed by atoms with Gasteiger partial charge in [0.2, 0.25) is 5.91 Å².